The topological polar surface area (TPSA) is 78.5 Å². The van der Waals surface area contributed by atoms with E-state index in [0.29, 0.717) is 11.4 Å². The van der Waals surface area contributed by atoms with Gasteiger partial charge in [-0.25, -0.2) is 0 Å². The van der Waals surface area contributed by atoms with Gasteiger partial charge in [0.1, 0.15) is 11.5 Å². The summed E-state index contributed by atoms with van der Waals surface area (Å²) in [6.07, 6.45) is 0. The summed E-state index contributed by atoms with van der Waals surface area (Å²) in [7, 11) is 0. The minimum atomic E-state index is 0.155. The van der Waals surface area contributed by atoms with E-state index in [4.69, 9.17) is 5.73 Å². The Balaban J connectivity index is 2.43. The van der Waals surface area contributed by atoms with E-state index in [1.165, 1.54) is 0 Å². The number of anilines is 3. The van der Waals surface area contributed by atoms with E-state index in [2.05, 4.69) is 5.32 Å². The highest BCUT2D eigenvalue weighted by Gasteiger charge is 2.08. The fraction of sp³-hybridized carbons (Fsp3) is 0.143. The number of hydrogen-bond acceptors (Lipinski definition) is 4. The van der Waals surface area contributed by atoms with Crippen LogP contribution in [0.1, 0.15) is 11.1 Å². The molecule has 94 valence electrons. The van der Waals surface area contributed by atoms with Crippen LogP contribution in [0.3, 0.4) is 0 Å². The minimum Gasteiger partial charge on any atom is -0.508 e. The van der Waals surface area contributed by atoms with Crippen molar-refractivity contribution in [2.75, 3.05) is 11.1 Å². The van der Waals surface area contributed by atoms with Crippen molar-refractivity contribution in [3.05, 3.63) is 41.5 Å². The summed E-state index contributed by atoms with van der Waals surface area (Å²) in [6.45, 7) is 3.64. The molecule has 0 unspecified atom stereocenters. The van der Waals surface area contributed by atoms with E-state index >= 15 is 0 Å². The van der Waals surface area contributed by atoms with Gasteiger partial charge in [-0.3, -0.25) is 0 Å². The lowest BCUT2D eigenvalue weighted by Gasteiger charge is -2.14. The van der Waals surface area contributed by atoms with Crippen LogP contribution in [-0.2, 0) is 0 Å². The number of hydrogen-bond donors (Lipinski definition) is 4. The summed E-state index contributed by atoms with van der Waals surface area (Å²) < 4.78 is 0. The highest BCUT2D eigenvalue weighted by atomic mass is 16.3. The molecule has 0 atom stereocenters. The molecule has 4 heteroatoms. The van der Waals surface area contributed by atoms with Gasteiger partial charge in [0, 0.05) is 17.3 Å². The number of benzene rings is 2. The fourth-order valence-electron chi connectivity index (χ4n) is 1.79. The molecule has 2 aromatic carbocycles. The van der Waals surface area contributed by atoms with Crippen LogP contribution in [0.2, 0.25) is 0 Å². The Kier molecular flexibility index (Phi) is 3.02. The molecule has 0 aliphatic carbocycles. The average Bonchev–Trinajstić information content (AvgIpc) is 2.31. The Morgan fingerprint density at radius 2 is 1.78 bits per heavy atom. The van der Waals surface area contributed by atoms with Crippen molar-refractivity contribution in [3.8, 4) is 11.5 Å². The largest absolute Gasteiger partial charge is 0.508 e. The zero-order valence-corrected chi connectivity index (χ0v) is 10.4. The molecule has 0 aromatic heterocycles. The zero-order chi connectivity index (χ0) is 13.3. The van der Waals surface area contributed by atoms with E-state index in [0.717, 1.165) is 16.8 Å². The molecule has 0 amide bonds. The second-order valence-electron chi connectivity index (χ2n) is 4.30. The number of nitrogens with two attached hydrogens (primary N) is 1. The summed E-state index contributed by atoms with van der Waals surface area (Å²) in [5.74, 6) is 0.373. The molecule has 0 aliphatic rings. The number of nitrogens with one attached hydrogen (secondary N) is 1. The Morgan fingerprint density at radius 3 is 2.50 bits per heavy atom. The number of phenols is 2. The molecule has 18 heavy (non-hydrogen) atoms. The van der Waals surface area contributed by atoms with Gasteiger partial charge in [0.05, 0.1) is 11.4 Å². The van der Waals surface area contributed by atoms with Gasteiger partial charge in [-0.2, -0.15) is 0 Å². The lowest BCUT2D eigenvalue weighted by Crippen LogP contribution is -1.99. The van der Waals surface area contributed by atoms with Gasteiger partial charge in [0.2, 0.25) is 0 Å². The van der Waals surface area contributed by atoms with Crippen molar-refractivity contribution in [1.82, 2.24) is 0 Å². The van der Waals surface area contributed by atoms with Crippen LogP contribution >= 0.6 is 0 Å². The van der Waals surface area contributed by atoms with Crippen LogP contribution in [0, 0.1) is 13.8 Å². The Hall–Kier alpha value is -2.36. The SMILES string of the molecule is Cc1cc(O)cc(Nc2cccc(O)c2C)c1N. The lowest BCUT2D eigenvalue weighted by atomic mass is 10.1. The maximum atomic E-state index is 9.64. The highest BCUT2D eigenvalue weighted by molar-refractivity contribution is 5.78. The molecular weight excluding hydrogens is 228 g/mol. The quantitative estimate of drug-likeness (QED) is 0.483. The fourth-order valence-corrected chi connectivity index (χ4v) is 1.79. The Morgan fingerprint density at radius 1 is 1.06 bits per heavy atom. The number of phenolic OH excluding ortho intramolecular Hbond substituents is 2. The summed E-state index contributed by atoms with van der Waals surface area (Å²) >= 11 is 0. The number of rotatable bonds is 2. The van der Waals surface area contributed by atoms with Gasteiger partial charge in [0.15, 0.2) is 0 Å². The van der Waals surface area contributed by atoms with Crippen molar-refractivity contribution < 1.29 is 10.2 Å². The standard InChI is InChI=1S/C14H16N2O2/c1-8-6-10(17)7-12(14(8)15)16-11-4-3-5-13(18)9(11)2/h3-7,16-18H,15H2,1-2H3. The van der Waals surface area contributed by atoms with Crippen molar-refractivity contribution in [1.29, 1.82) is 0 Å². The van der Waals surface area contributed by atoms with Gasteiger partial charge in [0.25, 0.3) is 0 Å². The summed E-state index contributed by atoms with van der Waals surface area (Å²) in [5.41, 5.74) is 9.45. The van der Waals surface area contributed by atoms with E-state index in [9.17, 15) is 10.2 Å². The molecule has 2 rings (SSSR count). The van der Waals surface area contributed by atoms with Crippen LogP contribution in [-0.4, -0.2) is 10.2 Å². The molecule has 0 saturated heterocycles. The molecule has 0 spiro atoms. The first-order valence-electron chi connectivity index (χ1n) is 5.63. The maximum Gasteiger partial charge on any atom is 0.120 e. The van der Waals surface area contributed by atoms with Crippen LogP contribution in [0.15, 0.2) is 30.3 Å². The molecule has 0 saturated carbocycles. The van der Waals surface area contributed by atoms with Crippen LogP contribution in [0.4, 0.5) is 17.1 Å². The Labute approximate surface area is 106 Å². The molecule has 5 N–H and O–H groups in total. The normalized spacial score (nSPS) is 10.3. The monoisotopic (exact) mass is 244 g/mol. The minimum absolute atomic E-state index is 0.155. The molecule has 2 aromatic rings. The van der Waals surface area contributed by atoms with Crippen molar-refractivity contribution in [2.24, 2.45) is 0 Å². The molecule has 0 radical (unpaired) electrons. The van der Waals surface area contributed by atoms with Gasteiger partial charge in [-0.05, 0) is 37.6 Å². The smallest absolute Gasteiger partial charge is 0.120 e. The van der Waals surface area contributed by atoms with Crippen LogP contribution in [0.5, 0.6) is 11.5 Å². The predicted octanol–water partition coefficient (Wildman–Crippen LogP) is 3.04. The van der Waals surface area contributed by atoms with Crippen molar-refractivity contribution >= 4 is 17.1 Å². The second kappa shape index (κ2) is 4.49. The molecule has 0 fully saturated rings. The van der Waals surface area contributed by atoms with E-state index < -0.39 is 0 Å². The third kappa shape index (κ3) is 2.18. The number of aryl methyl sites for hydroxylation is 1. The van der Waals surface area contributed by atoms with E-state index in [1.807, 2.05) is 19.9 Å². The maximum absolute atomic E-state index is 9.64. The van der Waals surface area contributed by atoms with Gasteiger partial charge in [-0.1, -0.05) is 6.07 Å². The second-order valence-corrected chi connectivity index (χ2v) is 4.30. The first-order valence-corrected chi connectivity index (χ1v) is 5.63. The van der Waals surface area contributed by atoms with Gasteiger partial charge in [-0.15, -0.1) is 0 Å². The molecule has 4 nitrogen and oxygen atoms in total. The average molecular weight is 244 g/mol. The summed E-state index contributed by atoms with van der Waals surface area (Å²) in [4.78, 5) is 0. The third-order valence-corrected chi connectivity index (χ3v) is 2.95. The van der Waals surface area contributed by atoms with Gasteiger partial charge >= 0.3 is 0 Å². The van der Waals surface area contributed by atoms with Crippen molar-refractivity contribution in [3.63, 3.8) is 0 Å². The molecule has 0 aliphatic heterocycles. The van der Waals surface area contributed by atoms with E-state index in [1.54, 1.807) is 24.3 Å². The Bertz CT molecular complexity index is 595. The third-order valence-electron chi connectivity index (χ3n) is 2.95. The van der Waals surface area contributed by atoms with E-state index in [-0.39, 0.29) is 11.5 Å². The lowest BCUT2D eigenvalue weighted by molar-refractivity contribution is 0.471. The van der Waals surface area contributed by atoms with Crippen molar-refractivity contribution in [2.45, 2.75) is 13.8 Å². The van der Waals surface area contributed by atoms with Crippen LogP contribution < -0.4 is 11.1 Å². The number of nitrogen functional groups attached to an aromatic ring is 1. The number of aromatic hydroxyl groups is 2. The summed E-state index contributed by atoms with van der Waals surface area (Å²) in [6, 6.07) is 8.38. The highest BCUT2D eigenvalue weighted by Crippen LogP contribution is 2.33. The molecule has 0 bridgehead atoms. The molecular formula is C14H16N2O2. The summed E-state index contributed by atoms with van der Waals surface area (Å²) in [5, 5.41) is 22.3. The predicted molar refractivity (Wildman–Crippen MR) is 73.4 cm³/mol. The van der Waals surface area contributed by atoms with Gasteiger partial charge < -0.3 is 21.3 Å². The van der Waals surface area contributed by atoms with Crippen LogP contribution in [0.25, 0.3) is 0 Å². The zero-order valence-electron chi connectivity index (χ0n) is 10.4. The first kappa shape index (κ1) is 12.1. The molecule has 0 heterocycles. The first-order chi connectivity index (χ1) is 8.49.